The zero-order chi connectivity index (χ0) is 21.8. The predicted octanol–water partition coefficient (Wildman–Crippen LogP) is 5.37. The van der Waals surface area contributed by atoms with Gasteiger partial charge in [-0.2, -0.15) is 0 Å². The van der Waals surface area contributed by atoms with Gasteiger partial charge >= 0.3 is 0 Å². The fraction of sp³-hybridized carbons (Fsp3) is 0.261. The van der Waals surface area contributed by atoms with E-state index < -0.39 is 0 Å². The molecule has 0 N–H and O–H groups in total. The second kappa shape index (κ2) is 9.85. The van der Waals surface area contributed by atoms with Crippen LogP contribution in [0, 0.1) is 5.82 Å². The van der Waals surface area contributed by atoms with E-state index in [9.17, 15) is 9.18 Å². The highest BCUT2D eigenvalue weighted by Crippen LogP contribution is 2.22. The van der Waals surface area contributed by atoms with Crippen molar-refractivity contribution in [1.29, 1.82) is 0 Å². The molecule has 4 rings (SSSR count). The molecule has 0 aliphatic carbocycles. The SMILES string of the molecule is O=C(c1ccc(COc2ccc(Br)cc2)o1)N1CCN(Cc2c(F)cccc2Cl)CC1. The summed E-state index contributed by atoms with van der Waals surface area (Å²) in [5.41, 5.74) is 0.491. The second-order valence-electron chi connectivity index (χ2n) is 7.28. The van der Waals surface area contributed by atoms with Crippen LogP contribution in [0.1, 0.15) is 21.9 Å². The number of piperazine rings is 1. The first-order chi connectivity index (χ1) is 15.0. The molecule has 5 nitrogen and oxygen atoms in total. The maximum Gasteiger partial charge on any atom is 0.289 e. The number of rotatable bonds is 6. The Kier molecular flexibility index (Phi) is 6.95. The Bertz CT molecular complexity index is 1030. The summed E-state index contributed by atoms with van der Waals surface area (Å²) >= 11 is 9.51. The van der Waals surface area contributed by atoms with Gasteiger partial charge in [-0.25, -0.2) is 4.39 Å². The van der Waals surface area contributed by atoms with E-state index in [1.165, 1.54) is 6.07 Å². The number of ether oxygens (including phenoxy) is 1. The van der Waals surface area contributed by atoms with Gasteiger partial charge in [-0.05, 0) is 48.5 Å². The Balaban J connectivity index is 1.29. The van der Waals surface area contributed by atoms with Gasteiger partial charge in [0.1, 0.15) is 23.9 Å². The van der Waals surface area contributed by atoms with Crippen molar-refractivity contribution in [2.45, 2.75) is 13.2 Å². The zero-order valence-electron chi connectivity index (χ0n) is 16.7. The van der Waals surface area contributed by atoms with Gasteiger partial charge in [-0.3, -0.25) is 9.69 Å². The average molecular weight is 508 g/mol. The molecule has 0 atom stereocenters. The number of furan rings is 1. The largest absolute Gasteiger partial charge is 0.486 e. The molecular formula is C23H21BrClFN2O3. The van der Waals surface area contributed by atoms with Gasteiger partial charge in [0.05, 0.1) is 0 Å². The Labute approximate surface area is 193 Å². The molecule has 1 fully saturated rings. The molecule has 1 amide bonds. The molecule has 2 heterocycles. The van der Waals surface area contributed by atoms with E-state index in [1.807, 2.05) is 24.3 Å². The average Bonchev–Trinajstić information content (AvgIpc) is 3.25. The van der Waals surface area contributed by atoms with Crippen molar-refractivity contribution >= 4 is 33.4 Å². The number of nitrogens with zero attached hydrogens (tertiary/aromatic N) is 2. The van der Waals surface area contributed by atoms with Crippen LogP contribution in [-0.4, -0.2) is 41.9 Å². The number of carbonyl (C=O) groups is 1. The fourth-order valence-electron chi connectivity index (χ4n) is 3.43. The molecule has 1 saturated heterocycles. The molecule has 1 aromatic heterocycles. The molecule has 162 valence electrons. The Morgan fingerprint density at radius 2 is 1.81 bits per heavy atom. The van der Waals surface area contributed by atoms with Crippen molar-refractivity contribution in [3.05, 3.63) is 87.0 Å². The number of hydrogen-bond acceptors (Lipinski definition) is 4. The van der Waals surface area contributed by atoms with E-state index in [-0.39, 0.29) is 18.3 Å². The van der Waals surface area contributed by atoms with Crippen LogP contribution >= 0.6 is 27.5 Å². The number of halogens is 3. The minimum atomic E-state index is -0.306. The number of hydrogen-bond donors (Lipinski definition) is 0. The summed E-state index contributed by atoms with van der Waals surface area (Å²) in [4.78, 5) is 16.6. The van der Waals surface area contributed by atoms with E-state index in [4.69, 9.17) is 20.8 Å². The molecular weight excluding hydrogens is 487 g/mol. The molecule has 3 aromatic rings. The summed E-state index contributed by atoms with van der Waals surface area (Å²) in [5.74, 6) is 1.13. The van der Waals surface area contributed by atoms with E-state index in [1.54, 1.807) is 29.2 Å². The maximum absolute atomic E-state index is 14.0. The highest BCUT2D eigenvalue weighted by molar-refractivity contribution is 9.10. The number of benzene rings is 2. The van der Waals surface area contributed by atoms with Gasteiger partial charge in [-0.15, -0.1) is 0 Å². The lowest BCUT2D eigenvalue weighted by Crippen LogP contribution is -2.48. The van der Waals surface area contributed by atoms with Crippen molar-refractivity contribution < 1.29 is 18.3 Å². The lowest BCUT2D eigenvalue weighted by molar-refractivity contribution is 0.0593. The standard InChI is InChI=1S/C23H21BrClFN2O3/c24-16-4-6-17(7-5-16)30-15-18-8-9-22(31-18)23(29)28-12-10-27(11-13-28)14-19-20(25)2-1-3-21(19)26/h1-9H,10-15H2. The molecule has 2 aromatic carbocycles. The van der Waals surface area contributed by atoms with Crippen LogP contribution < -0.4 is 4.74 Å². The summed E-state index contributed by atoms with van der Waals surface area (Å²) in [5, 5.41) is 0.423. The predicted molar refractivity (Wildman–Crippen MR) is 120 cm³/mol. The minimum absolute atomic E-state index is 0.154. The highest BCUT2D eigenvalue weighted by Gasteiger charge is 2.25. The van der Waals surface area contributed by atoms with Crippen molar-refractivity contribution in [1.82, 2.24) is 9.80 Å². The monoisotopic (exact) mass is 506 g/mol. The quantitative estimate of drug-likeness (QED) is 0.450. The van der Waals surface area contributed by atoms with E-state index >= 15 is 0 Å². The topological polar surface area (TPSA) is 45.9 Å². The van der Waals surface area contributed by atoms with E-state index in [0.29, 0.717) is 54.8 Å². The third-order valence-electron chi connectivity index (χ3n) is 5.17. The Morgan fingerprint density at radius 3 is 2.52 bits per heavy atom. The van der Waals surface area contributed by atoms with E-state index in [0.717, 1.165) is 10.2 Å². The number of amides is 1. The van der Waals surface area contributed by atoms with Gasteiger partial charge in [0.15, 0.2) is 5.76 Å². The van der Waals surface area contributed by atoms with Gasteiger partial charge in [0, 0.05) is 47.8 Å². The van der Waals surface area contributed by atoms with Crippen LogP contribution in [-0.2, 0) is 13.2 Å². The van der Waals surface area contributed by atoms with Crippen molar-refractivity contribution in [3.8, 4) is 5.75 Å². The Hall–Kier alpha value is -2.35. The van der Waals surface area contributed by atoms with Crippen molar-refractivity contribution in [2.75, 3.05) is 26.2 Å². The molecule has 31 heavy (non-hydrogen) atoms. The first-order valence-electron chi connectivity index (χ1n) is 9.91. The molecule has 1 aliphatic heterocycles. The minimum Gasteiger partial charge on any atom is -0.486 e. The van der Waals surface area contributed by atoms with Crippen LogP contribution in [0.5, 0.6) is 5.75 Å². The molecule has 0 saturated carbocycles. The van der Waals surface area contributed by atoms with Gasteiger partial charge in [0.2, 0.25) is 0 Å². The van der Waals surface area contributed by atoms with Gasteiger partial charge < -0.3 is 14.1 Å². The first kappa shape index (κ1) is 21.9. The van der Waals surface area contributed by atoms with Gasteiger partial charge in [-0.1, -0.05) is 33.6 Å². The summed E-state index contributed by atoms with van der Waals surface area (Å²) in [6.07, 6.45) is 0. The molecule has 0 spiro atoms. The zero-order valence-corrected chi connectivity index (χ0v) is 19.0. The lowest BCUT2D eigenvalue weighted by Gasteiger charge is -2.34. The van der Waals surface area contributed by atoms with Crippen LogP contribution in [0.4, 0.5) is 4.39 Å². The van der Waals surface area contributed by atoms with Crippen LogP contribution in [0.25, 0.3) is 0 Å². The molecule has 0 bridgehead atoms. The van der Waals surface area contributed by atoms with Crippen LogP contribution in [0.3, 0.4) is 0 Å². The third-order valence-corrected chi connectivity index (χ3v) is 6.05. The summed E-state index contributed by atoms with van der Waals surface area (Å²) in [6, 6.07) is 15.6. The lowest BCUT2D eigenvalue weighted by atomic mass is 10.2. The molecule has 0 unspecified atom stereocenters. The fourth-order valence-corrected chi connectivity index (χ4v) is 3.91. The summed E-state index contributed by atoms with van der Waals surface area (Å²) < 4.78 is 26.4. The smallest absolute Gasteiger partial charge is 0.289 e. The van der Waals surface area contributed by atoms with Gasteiger partial charge in [0.25, 0.3) is 5.91 Å². The second-order valence-corrected chi connectivity index (χ2v) is 8.60. The summed E-state index contributed by atoms with van der Waals surface area (Å²) in [7, 11) is 0. The maximum atomic E-state index is 14.0. The van der Waals surface area contributed by atoms with Crippen LogP contribution in [0.15, 0.2) is 63.5 Å². The van der Waals surface area contributed by atoms with Crippen molar-refractivity contribution in [2.24, 2.45) is 0 Å². The Morgan fingerprint density at radius 1 is 1.06 bits per heavy atom. The van der Waals surface area contributed by atoms with Crippen molar-refractivity contribution in [3.63, 3.8) is 0 Å². The third kappa shape index (κ3) is 5.47. The first-order valence-corrected chi connectivity index (χ1v) is 11.1. The molecule has 1 aliphatic rings. The van der Waals surface area contributed by atoms with E-state index in [2.05, 4.69) is 20.8 Å². The number of carbonyl (C=O) groups excluding carboxylic acids is 1. The highest BCUT2D eigenvalue weighted by atomic mass is 79.9. The van der Waals surface area contributed by atoms with Crippen LogP contribution in [0.2, 0.25) is 5.02 Å². The summed E-state index contributed by atoms with van der Waals surface area (Å²) in [6.45, 7) is 3.01. The molecule has 0 radical (unpaired) electrons. The normalized spacial score (nSPS) is 14.6. The molecule has 8 heteroatoms.